The van der Waals surface area contributed by atoms with Gasteiger partial charge < -0.3 is 5.73 Å². The number of hydrogen-bond donors (Lipinski definition) is 1. The Balaban J connectivity index is 2.16. The quantitative estimate of drug-likeness (QED) is 0.767. The second-order valence-electron chi connectivity index (χ2n) is 3.97. The summed E-state index contributed by atoms with van der Waals surface area (Å²) in [4.78, 5) is 5.12. The maximum Gasteiger partial charge on any atom is 0.130 e. The molecule has 3 rings (SSSR count). The van der Waals surface area contributed by atoms with E-state index < -0.39 is 0 Å². The first kappa shape index (κ1) is 11.0. The highest BCUT2D eigenvalue weighted by Crippen LogP contribution is 2.30. The first-order chi connectivity index (χ1) is 8.77. The van der Waals surface area contributed by atoms with Gasteiger partial charge >= 0.3 is 0 Å². The van der Waals surface area contributed by atoms with Gasteiger partial charge in [-0.2, -0.15) is 5.10 Å². The number of rotatable bonds is 2. The summed E-state index contributed by atoms with van der Waals surface area (Å²) >= 11 is 1.56. The molecule has 0 radical (unpaired) electrons. The zero-order valence-electron chi connectivity index (χ0n) is 9.87. The predicted octanol–water partition coefficient (Wildman–Crippen LogP) is 2.89. The Labute approximate surface area is 109 Å². The van der Waals surface area contributed by atoms with Crippen LogP contribution in [-0.2, 0) is 0 Å². The molecule has 0 bridgehead atoms. The minimum Gasteiger partial charge on any atom is -0.383 e. The van der Waals surface area contributed by atoms with E-state index >= 15 is 0 Å². The minimum absolute atomic E-state index is 0.671. The Morgan fingerprint density at radius 1 is 1.22 bits per heavy atom. The van der Waals surface area contributed by atoms with Gasteiger partial charge in [0.05, 0.1) is 16.1 Å². The molecule has 0 aliphatic heterocycles. The van der Waals surface area contributed by atoms with Crippen molar-refractivity contribution in [2.45, 2.75) is 6.92 Å². The number of nitrogen functional groups attached to an aromatic ring is 1. The highest BCUT2D eigenvalue weighted by atomic mass is 32.1. The normalized spacial score (nSPS) is 10.7. The van der Waals surface area contributed by atoms with Crippen molar-refractivity contribution in [2.24, 2.45) is 0 Å². The second kappa shape index (κ2) is 4.27. The van der Waals surface area contributed by atoms with Gasteiger partial charge in [-0.25, -0.2) is 4.68 Å². The van der Waals surface area contributed by atoms with Gasteiger partial charge in [-0.3, -0.25) is 4.98 Å². The zero-order valence-corrected chi connectivity index (χ0v) is 10.7. The van der Waals surface area contributed by atoms with Gasteiger partial charge in [0.1, 0.15) is 11.5 Å². The van der Waals surface area contributed by atoms with Crippen LogP contribution in [0.4, 0.5) is 5.82 Å². The molecule has 2 heterocycles. The van der Waals surface area contributed by atoms with Gasteiger partial charge in [0, 0.05) is 11.8 Å². The van der Waals surface area contributed by atoms with Crippen molar-refractivity contribution in [3.8, 4) is 16.3 Å². The molecule has 0 aliphatic rings. The van der Waals surface area contributed by atoms with Crippen LogP contribution >= 0.6 is 11.3 Å². The van der Waals surface area contributed by atoms with Crippen LogP contribution in [0.5, 0.6) is 0 Å². The Morgan fingerprint density at radius 2 is 2.00 bits per heavy atom. The van der Waals surface area contributed by atoms with E-state index in [0.717, 1.165) is 21.8 Å². The van der Waals surface area contributed by atoms with Crippen molar-refractivity contribution in [3.63, 3.8) is 0 Å². The minimum atomic E-state index is 0.671. The van der Waals surface area contributed by atoms with Gasteiger partial charge in [-0.15, -0.1) is 11.3 Å². The lowest BCUT2D eigenvalue weighted by molar-refractivity contribution is 0.896. The molecule has 3 aromatic rings. The van der Waals surface area contributed by atoms with Crippen molar-refractivity contribution in [3.05, 3.63) is 47.6 Å². The maximum absolute atomic E-state index is 6.13. The Hall–Kier alpha value is -2.14. The van der Waals surface area contributed by atoms with Crippen molar-refractivity contribution in [1.82, 2.24) is 14.8 Å². The average Bonchev–Trinajstić information content (AvgIpc) is 3.01. The number of anilines is 1. The van der Waals surface area contributed by atoms with E-state index in [0.29, 0.717) is 5.82 Å². The number of nitrogens with zero attached hydrogens (tertiary/aromatic N) is 3. The summed E-state index contributed by atoms with van der Waals surface area (Å²) in [7, 11) is 0. The summed E-state index contributed by atoms with van der Waals surface area (Å²) in [5.41, 5.74) is 10.8. The fourth-order valence-electron chi connectivity index (χ4n) is 1.84. The van der Waals surface area contributed by atoms with Crippen LogP contribution < -0.4 is 5.73 Å². The number of benzene rings is 1. The first-order valence-corrected chi connectivity index (χ1v) is 6.44. The standard InChI is InChI=1S/C13H12N4S/c1-9-12(11-7-15-8-18-11)16-17(13(9)14)10-5-3-2-4-6-10/h2-8H,14H2,1H3. The Morgan fingerprint density at radius 3 is 2.67 bits per heavy atom. The smallest absolute Gasteiger partial charge is 0.130 e. The van der Waals surface area contributed by atoms with Crippen molar-refractivity contribution >= 4 is 17.2 Å². The maximum atomic E-state index is 6.13. The lowest BCUT2D eigenvalue weighted by Crippen LogP contribution is -2.01. The van der Waals surface area contributed by atoms with Crippen molar-refractivity contribution in [2.75, 3.05) is 5.73 Å². The van der Waals surface area contributed by atoms with Crippen LogP contribution in [-0.4, -0.2) is 14.8 Å². The molecule has 18 heavy (non-hydrogen) atoms. The zero-order chi connectivity index (χ0) is 12.5. The summed E-state index contributed by atoms with van der Waals surface area (Å²) in [6.45, 7) is 1.98. The lowest BCUT2D eigenvalue weighted by atomic mass is 10.2. The topological polar surface area (TPSA) is 56.7 Å². The van der Waals surface area contributed by atoms with Gasteiger partial charge in [-0.1, -0.05) is 18.2 Å². The summed E-state index contributed by atoms with van der Waals surface area (Å²) < 4.78 is 1.77. The molecule has 1 aromatic carbocycles. The average molecular weight is 256 g/mol. The third kappa shape index (κ3) is 1.69. The van der Waals surface area contributed by atoms with Crippen LogP contribution in [0.25, 0.3) is 16.3 Å². The van der Waals surface area contributed by atoms with E-state index in [4.69, 9.17) is 5.73 Å². The highest BCUT2D eigenvalue weighted by Gasteiger charge is 2.15. The molecular weight excluding hydrogens is 244 g/mol. The molecule has 2 N–H and O–H groups in total. The molecule has 4 nitrogen and oxygen atoms in total. The largest absolute Gasteiger partial charge is 0.383 e. The molecule has 0 amide bonds. The molecule has 0 saturated carbocycles. The molecule has 5 heteroatoms. The monoisotopic (exact) mass is 256 g/mol. The lowest BCUT2D eigenvalue weighted by Gasteiger charge is -2.02. The molecule has 0 fully saturated rings. The summed E-state index contributed by atoms with van der Waals surface area (Å²) in [6.07, 6.45) is 1.81. The summed E-state index contributed by atoms with van der Waals surface area (Å²) in [5, 5.41) is 4.58. The number of hydrogen-bond acceptors (Lipinski definition) is 4. The second-order valence-corrected chi connectivity index (χ2v) is 4.86. The third-order valence-electron chi connectivity index (χ3n) is 2.83. The molecule has 0 unspecified atom stereocenters. The van der Waals surface area contributed by atoms with E-state index in [1.165, 1.54) is 0 Å². The van der Waals surface area contributed by atoms with E-state index in [-0.39, 0.29) is 0 Å². The molecule has 0 saturated heterocycles. The molecule has 90 valence electrons. The number of para-hydroxylation sites is 1. The van der Waals surface area contributed by atoms with Gasteiger partial charge in [0.15, 0.2) is 0 Å². The van der Waals surface area contributed by atoms with E-state index in [2.05, 4.69) is 10.1 Å². The van der Waals surface area contributed by atoms with Crippen LogP contribution in [0.1, 0.15) is 5.56 Å². The molecule has 0 spiro atoms. The number of aromatic nitrogens is 3. The van der Waals surface area contributed by atoms with Crippen molar-refractivity contribution < 1.29 is 0 Å². The van der Waals surface area contributed by atoms with E-state index in [1.807, 2.05) is 43.5 Å². The SMILES string of the molecule is Cc1c(-c2cncs2)nn(-c2ccccc2)c1N. The summed E-state index contributed by atoms with van der Waals surface area (Å²) in [6, 6.07) is 9.88. The summed E-state index contributed by atoms with van der Waals surface area (Å²) in [5.74, 6) is 0.671. The van der Waals surface area contributed by atoms with Crippen LogP contribution in [0.3, 0.4) is 0 Å². The molecule has 0 atom stereocenters. The predicted molar refractivity (Wildman–Crippen MR) is 73.8 cm³/mol. The van der Waals surface area contributed by atoms with Gasteiger partial charge in [-0.05, 0) is 19.1 Å². The fourth-order valence-corrected chi connectivity index (χ4v) is 2.50. The van der Waals surface area contributed by atoms with Gasteiger partial charge in [0.25, 0.3) is 0 Å². The Bertz CT molecular complexity index is 656. The molecule has 0 aliphatic carbocycles. The van der Waals surface area contributed by atoms with E-state index in [9.17, 15) is 0 Å². The van der Waals surface area contributed by atoms with Crippen molar-refractivity contribution in [1.29, 1.82) is 0 Å². The Kier molecular flexibility index (Phi) is 2.60. The van der Waals surface area contributed by atoms with Crippen LogP contribution in [0.2, 0.25) is 0 Å². The highest BCUT2D eigenvalue weighted by molar-refractivity contribution is 7.13. The fraction of sp³-hybridized carbons (Fsp3) is 0.0769. The van der Waals surface area contributed by atoms with Crippen LogP contribution in [0, 0.1) is 6.92 Å². The first-order valence-electron chi connectivity index (χ1n) is 5.57. The number of thiazole rings is 1. The molecular formula is C13H12N4S. The third-order valence-corrected chi connectivity index (χ3v) is 3.61. The van der Waals surface area contributed by atoms with Gasteiger partial charge in [0.2, 0.25) is 0 Å². The van der Waals surface area contributed by atoms with E-state index in [1.54, 1.807) is 21.5 Å². The number of nitrogens with two attached hydrogens (primary N) is 1. The van der Waals surface area contributed by atoms with Crippen LogP contribution in [0.15, 0.2) is 42.0 Å². The molecule has 2 aromatic heterocycles.